The third-order valence-electron chi connectivity index (χ3n) is 4.57. The summed E-state index contributed by atoms with van der Waals surface area (Å²) in [7, 11) is 0. The van der Waals surface area contributed by atoms with Crippen molar-refractivity contribution >= 4 is 46.4 Å². The Morgan fingerprint density at radius 1 is 0.909 bits per heavy atom. The number of halogens is 5. The summed E-state index contributed by atoms with van der Waals surface area (Å²) in [5, 5.41) is 5.54. The Morgan fingerprint density at radius 3 is 2.27 bits per heavy atom. The van der Waals surface area contributed by atoms with Gasteiger partial charge < -0.3 is 15.4 Å². The van der Waals surface area contributed by atoms with Crippen molar-refractivity contribution in [1.82, 2.24) is 0 Å². The van der Waals surface area contributed by atoms with Gasteiger partial charge in [-0.15, -0.1) is 0 Å². The van der Waals surface area contributed by atoms with E-state index in [0.29, 0.717) is 16.3 Å². The van der Waals surface area contributed by atoms with Gasteiger partial charge in [0.05, 0.1) is 16.3 Å². The fraction of sp³-hybridized carbons (Fsp3) is 0.130. The highest BCUT2D eigenvalue weighted by atomic mass is 35.5. The highest BCUT2D eigenvalue weighted by molar-refractivity contribution is 6.33. The van der Waals surface area contributed by atoms with Gasteiger partial charge in [-0.25, -0.2) is 0 Å². The molecule has 0 unspecified atom stereocenters. The molecule has 5 nitrogen and oxygen atoms in total. The first kappa shape index (κ1) is 24.4. The topological polar surface area (TPSA) is 67.4 Å². The second-order valence-corrected chi connectivity index (χ2v) is 7.73. The highest BCUT2D eigenvalue weighted by Gasteiger charge is 2.31. The third kappa shape index (κ3) is 6.40. The van der Waals surface area contributed by atoms with Crippen LogP contribution < -0.4 is 15.4 Å². The molecule has 3 aromatic rings. The van der Waals surface area contributed by atoms with Gasteiger partial charge in [0.1, 0.15) is 5.75 Å². The van der Waals surface area contributed by atoms with Crippen LogP contribution in [0.25, 0.3) is 0 Å². The van der Waals surface area contributed by atoms with Gasteiger partial charge in [-0.05, 0) is 67.1 Å². The Hall–Kier alpha value is -3.23. The minimum Gasteiger partial charge on any atom is -0.484 e. The Labute approximate surface area is 197 Å². The fourth-order valence-electron chi connectivity index (χ4n) is 2.77. The van der Waals surface area contributed by atoms with Gasteiger partial charge in [-0.1, -0.05) is 29.3 Å². The number of anilines is 2. The Morgan fingerprint density at radius 2 is 1.61 bits per heavy atom. The summed E-state index contributed by atoms with van der Waals surface area (Å²) in [5.41, 5.74) is 0.549. The molecule has 2 amide bonds. The second kappa shape index (κ2) is 10.1. The molecule has 0 radical (unpaired) electrons. The minimum atomic E-state index is -4.57. The maximum absolute atomic E-state index is 12.8. The van der Waals surface area contributed by atoms with Crippen molar-refractivity contribution in [2.24, 2.45) is 0 Å². The van der Waals surface area contributed by atoms with E-state index in [1.54, 1.807) is 25.1 Å². The summed E-state index contributed by atoms with van der Waals surface area (Å²) < 4.78 is 43.9. The molecule has 0 aliphatic heterocycles. The van der Waals surface area contributed by atoms with E-state index in [-0.39, 0.29) is 22.4 Å². The molecule has 0 heterocycles. The SMILES string of the molecule is Cc1c(Cl)cccc1NC(=O)c1ccc(OCC(=O)Nc2cc(C(F)(F)F)ccc2Cl)cc1. The van der Waals surface area contributed by atoms with Gasteiger partial charge in [-0.3, -0.25) is 9.59 Å². The lowest BCUT2D eigenvalue weighted by Gasteiger charge is -2.12. The zero-order chi connectivity index (χ0) is 24.2. The van der Waals surface area contributed by atoms with Crippen LogP contribution in [0, 0.1) is 6.92 Å². The number of amides is 2. The lowest BCUT2D eigenvalue weighted by Crippen LogP contribution is -2.21. The summed E-state index contributed by atoms with van der Waals surface area (Å²) in [5.74, 6) is -0.769. The van der Waals surface area contributed by atoms with Gasteiger partial charge >= 0.3 is 6.18 Å². The van der Waals surface area contributed by atoms with Crippen LogP contribution in [0.15, 0.2) is 60.7 Å². The van der Waals surface area contributed by atoms with Crippen LogP contribution in [0.4, 0.5) is 24.5 Å². The van der Waals surface area contributed by atoms with Crippen molar-refractivity contribution in [2.75, 3.05) is 17.2 Å². The average Bonchev–Trinajstić information content (AvgIpc) is 2.76. The summed E-state index contributed by atoms with van der Waals surface area (Å²) in [4.78, 5) is 24.5. The van der Waals surface area contributed by atoms with Crippen LogP contribution in [-0.2, 0) is 11.0 Å². The van der Waals surface area contributed by atoms with E-state index in [0.717, 1.165) is 23.8 Å². The Bertz CT molecular complexity index is 1180. The average molecular weight is 497 g/mol. The van der Waals surface area contributed by atoms with Gasteiger partial charge in [0.25, 0.3) is 11.8 Å². The fourth-order valence-corrected chi connectivity index (χ4v) is 3.11. The first-order chi connectivity index (χ1) is 15.5. The number of hydrogen-bond donors (Lipinski definition) is 2. The zero-order valence-electron chi connectivity index (χ0n) is 17.1. The molecule has 2 N–H and O–H groups in total. The molecule has 0 saturated heterocycles. The second-order valence-electron chi connectivity index (χ2n) is 6.92. The van der Waals surface area contributed by atoms with Crippen LogP contribution >= 0.6 is 23.2 Å². The van der Waals surface area contributed by atoms with Crippen molar-refractivity contribution in [3.8, 4) is 5.75 Å². The molecule has 0 aromatic heterocycles. The van der Waals surface area contributed by atoms with Gasteiger partial charge in [0.2, 0.25) is 0 Å². The third-order valence-corrected chi connectivity index (χ3v) is 5.31. The number of nitrogens with one attached hydrogen (secondary N) is 2. The maximum Gasteiger partial charge on any atom is 0.416 e. The number of carbonyl (C=O) groups excluding carboxylic acids is 2. The van der Waals surface area contributed by atoms with E-state index in [9.17, 15) is 22.8 Å². The standard InChI is InChI=1S/C23H17Cl2F3N2O3/c1-13-17(24)3-2-4-19(13)30-22(32)14-5-8-16(9-6-14)33-12-21(31)29-20-11-15(23(26,27)28)7-10-18(20)25/h2-11H,12H2,1H3,(H,29,31)(H,30,32). The van der Waals surface area contributed by atoms with E-state index in [2.05, 4.69) is 10.6 Å². The molecule has 0 aliphatic carbocycles. The van der Waals surface area contributed by atoms with E-state index in [4.69, 9.17) is 27.9 Å². The van der Waals surface area contributed by atoms with E-state index in [1.807, 2.05) is 0 Å². The van der Waals surface area contributed by atoms with Crippen LogP contribution in [0.1, 0.15) is 21.5 Å². The molecule has 0 fully saturated rings. The van der Waals surface area contributed by atoms with Gasteiger partial charge in [0.15, 0.2) is 6.61 Å². The number of alkyl halides is 3. The molecule has 33 heavy (non-hydrogen) atoms. The summed E-state index contributed by atoms with van der Waals surface area (Å²) in [6.07, 6.45) is -4.57. The molecule has 0 atom stereocenters. The van der Waals surface area contributed by atoms with Crippen LogP contribution in [0.3, 0.4) is 0 Å². The molecular formula is C23H17Cl2F3N2O3. The zero-order valence-corrected chi connectivity index (χ0v) is 18.6. The molecule has 0 bridgehead atoms. The molecular weight excluding hydrogens is 480 g/mol. The smallest absolute Gasteiger partial charge is 0.416 e. The number of ether oxygens (including phenoxy) is 1. The molecule has 0 aliphatic rings. The van der Waals surface area contributed by atoms with Crippen LogP contribution in [0.2, 0.25) is 10.0 Å². The van der Waals surface area contributed by atoms with Crippen LogP contribution in [-0.4, -0.2) is 18.4 Å². The summed E-state index contributed by atoms with van der Waals surface area (Å²) in [6, 6.07) is 13.8. The molecule has 0 saturated carbocycles. The molecule has 3 aromatic carbocycles. The molecule has 172 valence electrons. The quantitative estimate of drug-likeness (QED) is 0.404. The Kier molecular flexibility index (Phi) is 7.50. The first-order valence-electron chi connectivity index (χ1n) is 9.50. The maximum atomic E-state index is 12.8. The molecule has 10 heteroatoms. The minimum absolute atomic E-state index is 0.0401. The van der Waals surface area contributed by atoms with Gasteiger partial charge in [0, 0.05) is 16.3 Å². The summed E-state index contributed by atoms with van der Waals surface area (Å²) in [6.45, 7) is 1.31. The predicted molar refractivity (Wildman–Crippen MR) is 121 cm³/mol. The summed E-state index contributed by atoms with van der Waals surface area (Å²) >= 11 is 11.9. The van der Waals surface area contributed by atoms with Crippen molar-refractivity contribution in [2.45, 2.75) is 13.1 Å². The normalized spacial score (nSPS) is 11.1. The van der Waals surface area contributed by atoms with Crippen LogP contribution in [0.5, 0.6) is 5.75 Å². The van der Waals surface area contributed by atoms with E-state index < -0.39 is 24.3 Å². The molecule has 3 rings (SSSR count). The van der Waals surface area contributed by atoms with Crippen molar-refractivity contribution in [1.29, 1.82) is 0 Å². The lowest BCUT2D eigenvalue weighted by atomic mass is 10.1. The van der Waals surface area contributed by atoms with E-state index in [1.165, 1.54) is 24.3 Å². The van der Waals surface area contributed by atoms with Gasteiger partial charge in [-0.2, -0.15) is 13.2 Å². The van der Waals surface area contributed by atoms with Crippen molar-refractivity contribution in [3.63, 3.8) is 0 Å². The predicted octanol–water partition coefficient (Wildman–Crippen LogP) is 6.59. The van der Waals surface area contributed by atoms with E-state index >= 15 is 0 Å². The highest BCUT2D eigenvalue weighted by Crippen LogP contribution is 2.33. The lowest BCUT2D eigenvalue weighted by molar-refractivity contribution is -0.137. The number of rotatable bonds is 6. The first-order valence-corrected chi connectivity index (χ1v) is 10.3. The van der Waals surface area contributed by atoms with Crippen molar-refractivity contribution < 1.29 is 27.5 Å². The number of hydrogen-bond acceptors (Lipinski definition) is 3. The Balaban J connectivity index is 1.58. The molecule has 0 spiro atoms. The van der Waals surface area contributed by atoms with Crippen molar-refractivity contribution in [3.05, 3.63) is 87.4 Å². The number of benzene rings is 3. The number of carbonyl (C=O) groups is 2. The monoisotopic (exact) mass is 496 g/mol. The largest absolute Gasteiger partial charge is 0.484 e.